The number of H-pyrrole nitrogens is 1. The van der Waals surface area contributed by atoms with Crippen LogP contribution in [0.25, 0.3) is 0 Å². The summed E-state index contributed by atoms with van der Waals surface area (Å²) in [5, 5.41) is 19.0. The molecule has 1 aliphatic heterocycles. The lowest BCUT2D eigenvalue weighted by atomic mass is 10.1. The van der Waals surface area contributed by atoms with Crippen molar-refractivity contribution in [1.29, 1.82) is 0 Å². The minimum absolute atomic E-state index is 0.506. The van der Waals surface area contributed by atoms with Gasteiger partial charge in [0.15, 0.2) is 12.3 Å². The Kier molecular flexibility index (Phi) is 4.02. The number of aliphatic hydroxyl groups excluding tert-OH is 2. The summed E-state index contributed by atoms with van der Waals surface area (Å²) >= 11 is 0. The van der Waals surface area contributed by atoms with Crippen molar-refractivity contribution >= 4 is 5.97 Å². The highest BCUT2D eigenvalue weighted by Gasteiger charge is 2.47. The number of aromatic nitrogens is 2. The molecule has 1 aromatic rings. The summed E-state index contributed by atoms with van der Waals surface area (Å²) in [6, 6.07) is 1.09. The van der Waals surface area contributed by atoms with E-state index >= 15 is 0 Å². The summed E-state index contributed by atoms with van der Waals surface area (Å²) < 4.78 is 11.2. The lowest BCUT2D eigenvalue weighted by Crippen LogP contribution is -2.40. The Morgan fingerprint density at radius 1 is 1.55 bits per heavy atom. The zero-order valence-corrected chi connectivity index (χ0v) is 10.6. The number of aromatic amines is 1. The van der Waals surface area contributed by atoms with Crippen LogP contribution in [0.5, 0.6) is 0 Å². The molecule has 1 fully saturated rings. The van der Waals surface area contributed by atoms with Gasteiger partial charge in [-0.1, -0.05) is 0 Å². The van der Waals surface area contributed by atoms with Crippen molar-refractivity contribution in [1.82, 2.24) is 9.55 Å². The predicted molar refractivity (Wildman–Crippen MR) is 63.9 cm³/mol. The maximum atomic E-state index is 11.7. The topological polar surface area (TPSA) is 131 Å². The normalized spacial score (nSPS) is 29.4. The van der Waals surface area contributed by atoms with Gasteiger partial charge in [0.05, 0.1) is 6.61 Å². The van der Waals surface area contributed by atoms with Crippen LogP contribution in [-0.2, 0) is 14.3 Å². The van der Waals surface area contributed by atoms with E-state index in [2.05, 4.69) is 0 Å². The van der Waals surface area contributed by atoms with E-state index in [1.165, 1.54) is 0 Å². The Hall–Kier alpha value is -1.97. The average Bonchev–Trinajstić information content (AvgIpc) is 2.66. The fourth-order valence-corrected chi connectivity index (χ4v) is 2.04. The second-order valence-electron chi connectivity index (χ2n) is 4.33. The van der Waals surface area contributed by atoms with Gasteiger partial charge in [-0.15, -0.1) is 0 Å². The van der Waals surface area contributed by atoms with Crippen LogP contribution >= 0.6 is 0 Å². The van der Waals surface area contributed by atoms with Gasteiger partial charge < -0.3 is 19.7 Å². The number of rotatable bonds is 3. The third-order valence-electron chi connectivity index (χ3n) is 2.92. The molecule has 0 aliphatic carbocycles. The molecule has 0 bridgehead atoms. The second-order valence-corrected chi connectivity index (χ2v) is 4.33. The molecule has 1 unspecified atom stereocenters. The van der Waals surface area contributed by atoms with Crippen molar-refractivity contribution in [2.45, 2.75) is 31.5 Å². The Balaban J connectivity index is 2.39. The summed E-state index contributed by atoms with van der Waals surface area (Å²) in [7, 11) is 0. The quantitative estimate of drug-likeness (QED) is 0.533. The molecule has 4 atom stereocenters. The standard InChI is InChI=1S/C11H14N2O7/c1-5(15)19-9-8(17)6(4-14)20-10(9)13-3-2-7(16)12-11(13)18/h2-3,6,8-10,14,17H,4H2,1H3,(H,12,16,18)/t6-,8?,9+,10-/m1/s1. The Labute approximate surface area is 112 Å². The molecule has 9 heteroatoms. The third kappa shape index (κ3) is 2.64. The minimum Gasteiger partial charge on any atom is -0.455 e. The molecule has 0 aromatic carbocycles. The molecule has 1 saturated heterocycles. The van der Waals surface area contributed by atoms with Gasteiger partial charge in [0.2, 0.25) is 0 Å². The lowest BCUT2D eigenvalue weighted by Gasteiger charge is -2.21. The third-order valence-corrected chi connectivity index (χ3v) is 2.92. The second kappa shape index (κ2) is 5.57. The first-order valence-electron chi connectivity index (χ1n) is 5.87. The van der Waals surface area contributed by atoms with E-state index in [-0.39, 0.29) is 0 Å². The van der Waals surface area contributed by atoms with Gasteiger partial charge in [-0.25, -0.2) is 4.79 Å². The van der Waals surface area contributed by atoms with Gasteiger partial charge in [0.1, 0.15) is 12.2 Å². The fourth-order valence-electron chi connectivity index (χ4n) is 2.04. The molecule has 3 N–H and O–H groups in total. The smallest absolute Gasteiger partial charge is 0.330 e. The van der Waals surface area contributed by atoms with E-state index in [1.807, 2.05) is 4.98 Å². The molecular formula is C11H14N2O7. The first kappa shape index (κ1) is 14.4. The molecule has 1 aliphatic rings. The summed E-state index contributed by atoms with van der Waals surface area (Å²) in [6.07, 6.45) is -3.41. The zero-order chi connectivity index (χ0) is 14.9. The summed E-state index contributed by atoms with van der Waals surface area (Å²) in [6.45, 7) is 0.638. The number of carbonyl (C=O) groups excluding carboxylic acids is 1. The number of aliphatic hydroxyl groups is 2. The highest BCUT2D eigenvalue weighted by atomic mass is 16.6. The number of hydrogen-bond donors (Lipinski definition) is 3. The van der Waals surface area contributed by atoms with E-state index in [4.69, 9.17) is 14.6 Å². The van der Waals surface area contributed by atoms with Crippen molar-refractivity contribution in [3.8, 4) is 0 Å². The molecule has 2 heterocycles. The van der Waals surface area contributed by atoms with Crippen LogP contribution in [0.15, 0.2) is 21.9 Å². The maximum absolute atomic E-state index is 11.7. The molecule has 0 radical (unpaired) electrons. The first-order chi connectivity index (χ1) is 9.43. The van der Waals surface area contributed by atoms with E-state index < -0.39 is 48.4 Å². The van der Waals surface area contributed by atoms with Gasteiger partial charge in [0, 0.05) is 19.2 Å². The van der Waals surface area contributed by atoms with E-state index in [0.29, 0.717) is 0 Å². The van der Waals surface area contributed by atoms with Gasteiger partial charge >= 0.3 is 11.7 Å². The van der Waals surface area contributed by atoms with Gasteiger partial charge in [-0.2, -0.15) is 0 Å². The number of carbonyl (C=O) groups is 1. The number of nitrogens with one attached hydrogen (secondary N) is 1. The van der Waals surface area contributed by atoms with Crippen LogP contribution in [0.2, 0.25) is 0 Å². The molecular weight excluding hydrogens is 272 g/mol. The number of esters is 1. The minimum atomic E-state index is -1.28. The van der Waals surface area contributed by atoms with Crippen LogP contribution in [0.1, 0.15) is 13.2 Å². The SMILES string of the molecule is CC(=O)O[C@H]1C(O)[C@@H](CO)O[C@H]1n1ccc(=O)[nH]c1=O. The van der Waals surface area contributed by atoms with Crippen molar-refractivity contribution in [2.75, 3.05) is 6.61 Å². The number of nitrogens with zero attached hydrogens (tertiary/aromatic N) is 1. The van der Waals surface area contributed by atoms with Crippen LogP contribution in [0, 0.1) is 0 Å². The van der Waals surface area contributed by atoms with Crippen molar-refractivity contribution in [3.05, 3.63) is 33.1 Å². The van der Waals surface area contributed by atoms with E-state index in [9.17, 15) is 19.5 Å². The molecule has 0 amide bonds. The van der Waals surface area contributed by atoms with Gasteiger partial charge in [-0.05, 0) is 0 Å². The predicted octanol–water partition coefficient (Wildman–Crippen LogP) is -2.28. The highest BCUT2D eigenvalue weighted by molar-refractivity contribution is 5.66. The fraction of sp³-hybridized carbons (Fsp3) is 0.545. The average molecular weight is 286 g/mol. The summed E-state index contributed by atoms with van der Waals surface area (Å²) in [5.41, 5.74) is -1.36. The number of hydrogen-bond acceptors (Lipinski definition) is 7. The molecule has 110 valence electrons. The summed E-state index contributed by atoms with van der Waals surface area (Å²) in [5.74, 6) is -0.668. The molecule has 20 heavy (non-hydrogen) atoms. The first-order valence-corrected chi connectivity index (χ1v) is 5.87. The molecule has 2 rings (SSSR count). The molecule has 1 aromatic heterocycles. The lowest BCUT2D eigenvalue weighted by molar-refractivity contribution is -0.156. The van der Waals surface area contributed by atoms with E-state index in [0.717, 1.165) is 23.8 Å². The summed E-state index contributed by atoms with van der Waals surface area (Å²) in [4.78, 5) is 35.8. The van der Waals surface area contributed by atoms with E-state index in [1.54, 1.807) is 0 Å². The van der Waals surface area contributed by atoms with Crippen molar-refractivity contribution in [2.24, 2.45) is 0 Å². The molecule has 0 saturated carbocycles. The maximum Gasteiger partial charge on any atom is 0.330 e. The largest absolute Gasteiger partial charge is 0.455 e. The highest BCUT2D eigenvalue weighted by Crippen LogP contribution is 2.30. The van der Waals surface area contributed by atoms with Crippen molar-refractivity contribution in [3.63, 3.8) is 0 Å². The number of ether oxygens (including phenoxy) is 2. The van der Waals surface area contributed by atoms with Crippen LogP contribution in [0.4, 0.5) is 0 Å². The van der Waals surface area contributed by atoms with Gasteiger partial charge in [0.25, 0.3) is 5.56 Å². The van der Waals surface area contributed by atoms with Gasteiger partial charge in [-0.3, -0.25) is 19.1 Å². The molecule has 9 nitrogen and oxygen atoms in total. The van der Waals surface area contributed by atoms with Crippen LogP contribution in [0.3, 0.4) is 0 Å². The molecule has 0 spiro atoms. The monoisotopic (exact) mass is 286 g/mol. The van der Waals surface area contributed by atoms with Crippen molar-refractivity contribution < 1.29 is 24.5 Å². The Bertz CT molecular complexity index is 607. The Morgan fingerprint density at radius 3 is 2.80 bits per heavy atom. The van der Waals surface area contributed by atoms with Crippen LogP contribution < -0.4 is 11.2 Å². The zero-order valence-electron chi connectivity index (χ0n) is 10.6. The Morgan fingerprint density at radius 2 is 2.25 bits per heavy atom. The van der Waals surface area contributed by atoms with Crippen LogP contribution in [-0.4, -0.2) is 50.7 Å².